The number of piperazine rings is 1. The van der Waals surface area contributed by atoms with E-state index < -0.39 is 0 Å². The Morgan fingerprint density at radius 3 is 2.43 bits per heavy atom. The predicted molar refractivity (Wildman–Crippen MR) is 112 cm³/mol. The van der Waals surface area contributed by atoms with Crippen molar-refractivity contribution in [1.29, 1.82) is 0 Å². The maximum Gasteiger partial charge on any atom is 0.315 e. The van der Waals surface area contributed by atoms with Crippen LogP contribution in [0.2, 0.25) is 0 Å². The maximum atomic E-state index is 12.4. The third-order valence-electron chi connectivity index (χ3n) is 5.54. The monoisotopic (exact) mass is 384 g/mol. The summed E-state index contributed by atoms with van der Waals surface area (Å²) in [5.74, 6) is -0.00160. The van der Waals surface area contributed by atoms with Crippen LogP contribution in [-0.4, -0.2) is 67.0 Å². The Morgan fingerprint density at radius 2 is 1.71 bits per heavy atom. The molecule has 1 saturated carbocycles. The fraction of sp³-hybridized carbons (Fsp3) is 0.545. The molecule has 28 heavy (non-hydrogen) atoms. The van der Waals surface area contributed by atoms with E-state index in [1.807, 2.05) is 23.1 Å². The van der Waals surface area contributed by atoms with Crippen LogP contribution >= 0.6 is 0 Å². The summed E-state index contributed by atoms with van der Waals surface area (Å²) in [5.41, 5.74) is 1.20. The Labute approximate surface area is 168 Å². The van der Waals surface area contributed by atoms with Gasteiger partial charge in [0.1, 0.15) is 0 Å². The van der Waals surface area contributed by atoms with E-state index in [4.69, 9.17) is 0 Å². The third kappa shape index (κ3) is 6.68. The van der Waals surface area contributed by atoms with Crippen LogP contribution in [-0.2, 0) is 4.79 Å². The second kappa shape index (κ2) is 10.9. The second-order valence-electron chi connectivity index (χ2n) is 7.66. The lowest BCUT2D eigenvalue weighted by Crippen LogP contribution is -2.52. The minimum atomic E-state index is -0.218. The van der Waals surface area contributed by atoms with Gasteiger partial charge in [0.05, 0.1) is 6.54 Å². The zero-order valence-electron chi connectivity index (χ0n) is 16.6. The summed E-state index contributed by atoms with van der Waals surface area (Å²) in [6.45, 7) is 4.11. The van der Waals surface area contributed by atoms with Crippen molar-refractivity contribution < 1.29 is 9.59 Å². The van der Waals surface area contributed by atoms with Gasteiger partial charge in [-0.3, -0.25) is 9.69 Å². The molecule has 6 heteroatoms. The summed E-state index contributed by atoms with van der Waals surface area (Å²) < 4.78 is 0. The van der Waals surface area contributed by atoms with E-state index in [1.165, 1.54) is 24.8 Å². The molecule has 0 bridgehead atoms. The van der Waals surface area contributed by atoms with E-state index in [2.05, 4.69) is 39.8 Å². The van der Waals surface area contributed by atoms with E-state index in [0.717, 1.165) is 32.5 Å². The molecule has 2 N–H and O–H groups in total. The minimum Gasteiger partial charge on any atom is -0.339 e. The Hall–Kier alpha value is -2.34. The van der Waals surface area contributed by atoms with Crippen molar-refractivity contribution in [3.8, 4) is 0 Å². The molecule has 0 atom stereocenters. The Kier molecular flexibility index (Phi) is 7.91. The summed E-state index contributed by atoms with van der Waals surface area (Å²) >= 11 is 0. The zero-order chi connectivity index (χ0) is 19.6. The van der Waals surface area contributed by atoms with Gasteiger partial charge in [0.15, 0.2) is 0 Å². The Morgan fingerprint density at radius 1 is 1.00 bits per heavy atom. The highest BCUT2D eigenvalue weighted by Gasteiger charge is 2.21. The summed E-state index contributed by atoms with van der Waals surface area (Å²) in [6, 6.07) is 10.3. The first-order chi connectivity index (χ1) is 13.7. The molecule has 0 unspecified atom stereocenters. The van der Waals surface area contributed by atoms with Crippen molar-refractivity contribution in [3.05, 3.63) is 42.0 Å². The number of nitrogens with zero attached hydrogens (tertiary/aromatic N) is 2. The van der Waals surface area contributed by atoms with Gasteiger partial charge < -0.3 is 15.5 Å². The number of hydrogen-bond acceptors (Lipinski definition) is 3. The number of nitrogens with one attached hydrogen (secondary N) is 2. The van der Waals surface area contributed by atoms with Crippen molar-refractivity contribution in [3.63, 3.8) is 0 Å². The fourth-order valence-electron chi connectivity index (χ4n) is 3.83. The van der Waals surface area contributed by atoms with Crippen LogP contribution in [0.1, 0.15) is 37.7 Å². The van der Waals surface area contributed by atoms with Gasteiger partial charge >= 0.3 is 6.03 Å². The first-order valence-corrected chi connectivity index (χ1v) is 10.5. The minimum absolute atomic E-state index is 0.00160. The number of amides is 3. The number of carbonyl (C=O) groups is 2. The number of hydrogen-bond donors (Lipinski definition) is 2. The molecule has 0 aromatic heterocycles. The molecule has 1 aliphatic heterocycles. The van der Waals surface area contributed by atoms with Gasteiger partial charge in [-0.25, -0.2) is 4.79 Å². The third-order valence-corrected chi connectivity index (χ3v) is 5.54. The highest BCUT2D eigenvalue weighted by atomic mass is 16.2. The molecule has 2 fully saturated rings. The van der Waals surface area contributed by atoms with Crippen LogP contribution in [0.4, 0.5) is 4.79 Å². The quantitative estimate of drug-likeness (QED) is 0.792. The SMILES string of the molecule is O=C(NCC(=O)N1CCN(C/C=C/c2ccccc2)CC1)NC1CCCCC1. The molecule has 152 valence electrons. The zero-order valence-corrected chi connectivity index (χ0v) is 16.6. The molecule has 0 radical (unpaired) electrons. The lowest BCUT2D eigenvalue weighted by atomic mass is 9.96. The van der Waals surface area contributed by atoms with Crippen LogP contribution in [0.15, 0.2) is 36.4 Å². The van der Waals surface area contributed by atoms with Gasteiger partial charge in [0, 0.05) is 38.8 Å². The van der Waals surface area contributed by atoms with Crippen molar-refractivity contribution >= 4 is 18.0 Å². The van der Waals surface area contributed by atoms with Gasteiger partial charge in [-0.15, -0.1) is 0 Å². The van der Waals surface area contributed by atoms with Crippen LogP contribution in [0, 0.1) is 0 Å². The van der Waals surface area contributed by atoms with Crippen LogP contribution in [0.3, 0.4) is 0 Å². The molecule has 3 rings (SSSR count). The van der Waals surface area contributed by atoms with Crippen LogP contribution < -0.4 is 10.6 Å². The molecule has 1 heterocycles. The summed E-state index contributed by atoms with van der Waals surface area (Å²) in [5, 5.41) is 5.71. The normalized spacial score (nSPS) is 18.9. The number of benzene rings is 1. The molecule has 1 aliphatic carbocycles. The van der Waals surface area contributed by atoms with E-state index in [-0.39, 0.29) is 24.5 Å². The first-order valence-electron chi connectivity index (χ1n) is 10.5. The van der Waals surface area contributed by atoms with Gasteiger partial charge in [0.2, 0.25) is 5.91 Å². The largest absolute Gasteiger partial charge is 0.339 e. The lowest BCUT2D eigenvalue weighted by Gasteiger charge is -2.34. The summed E-state index contributed by atoms with van der Waals surface area (Å²) in [7, 11) is 0. The first kappa shape index (κ1) is 20.4. The average molecular weight is 385 g/mol. The second-order valence-corrected chi connectivity index (χ2v) is 7.66. The van der Waals surface area contributed by atoms with E-state index in [0.29, 0.717) is 13.1 Å². The molecule has 0 spiro atoms. The van der Waals surface area contributed by atoms with Crippen molar-refractivity contribution in [2.75, 3.05) is 39.3 Å². The van der Waals surface area contributed by atoms with Gasteiger partial charge in [-0.2, -0.15) is 0 Å². The summed E-state index contributed by atoms with van der Waals surface area (Å²) in [6.07, 6.45) is 10.00. The Balaban J connectivity index is 1.31. The molecular formula is C22H32N4O2. The van der Waals surface area contributed by atoms with Crippen molar-refractivity contribution in [1.82, 2.24) is 20.4 Å². The standard InChI is InChI=1S/C22H32N4O2/c27-21(18-23-22(28)24-20-11-5-2-6-12-20)26-16-14-25(15-17-26)13-7-10-19-8-3-1-4-9-19/h1,3-4,7-10,20H,2,5-6,11-18H2,(H2,23,24,28)/b10-7+. The number of rotatable bonds is 6. The predicted octanol–water partition coefficient (Wildman–Crippen LogP) is 2.48. The molecular weight excluding hydrogens is 352 g/mol. The number of urea groups is 1. The Bertz CT molecular complexity index is 648. The van der Waals surface area contributed by atoms with Crippen molar-refractivity contribution in [2.24, 2.45) is 0 Å². The van der Waals surface area contributed by atoms with Gasteiger partial charge in [-0.1, -0.05) is 61.7 Å². The summed E-state index contributed by atoms with van der Waals surface area (Å²) in [4.78, 5) is 28.5. The topological polar surface area (TPSA) is 64.7 Å². The molecule has 1 aromatic carbocycles. The maximum absolute atomic E-state index is 12.4. The lowest BCUT2D eigenvalue weighted by molar-refractivity contribution is -0.131. The molecule has 6 nitrogen and oxygen atoms in total. The fourth-order valence-corrected chi connectivity index (χ4v) is 3.83. The van der Waals surface area contributed by atoms with E-state index in [9.17, 15) is 9.59 Å². The molecule has 1 aromatic rings. The van der Waals surface area contributed by atoms with E-state index >= 15 is 0 Å². The highest BCUT2D eigenvalue weighted by Crippen LogP contribution is 2.17. The smallest absolute Gasteiger partial charge is 0.315 e. The molecule has 3 amide bonds. The van der Waals surface area contributed by atoms with Gasteiger partial charge in [0.25, 0.3) is 0 Å². The average Bonchev–Trinajstić information content (AvgIpc) is 2.74. The molecule has 1 saturated heterocycles. The molecule has 2 aliphatic rings. The van der Waals surface area contributed by atoms with E-state index in [1.54, 1.807) is 0 Å². The van der Waals surface area contributed by atoms with Crippen LogP contribution in [0.5, 0.6) is 0 Å². The highest BCUT2D eigenvalue weighted by molar-refractivity contribution is 5.84. The van der Waals surface area contributed by atoms with Crippen LogP contribution in [0.25, 0.3) is 6.08 Å². The van der Waals surface area contributed by atoms with Gasteiger partial charge in [-0.05, 0) is 18.4 Å². The number of carbonyl (C=O) groups excluding carboxylic acids is 2. The van der Waals surface area contributed by atoms with Crippen molar-refractivity contribution in [2.45, 2.75) is 38.1 Å².